The average Bonchev–Trinajstić information content (AvgIpc) is 3.14. The third kappa shape index (κ3) is 2.31. The zero-order valence-electron chi connectivity index (χ0n) is 14.9. The van der Waals surface area contributed by atoms with Gasteiger partial charge in [0.2, 0.25) is 0 Å². The number of hydrogen-bond donors (Lipinski definition) is 0. The van der Waals surface area contributed by atoms with Crippen LogP contribution in [0.25, 0.3) is 54.6 Å². The van der Waals surface area contributed by atoms with Gasteiger partial charge in [-0.15, -0.1) is 0 Å². The second-order valence-corrected chi connectivity index (χ2v) is 8.07. The van der Waals surface area contributed by atoms with E-state index >= 15 is 0 Å². The Labute approximate surface area is 170 Å². The standard InChI is InChI=1S/C26H15BrO/c27-20-11-7-16(8-12-20)19-6-5-18-10-14-23-22-13-9-17-3-1-2-4-21(17)25(22)28-26(23)24(18)15-19/h1-15H. The van der Waals surface area contributed by atoms with Crippen LogP contribution in [0.2, 0.25) is 0 Å². The van der Waals surface area contributed by atoms with Crippen LogP contribution in [-0.2, 0) is 0 Å². The molecule has 0 unspecified atom stereocenters. The topological polar surface area (TPSA) is 13.1 Å². The largest absolute Gasteiger partial charge is 0.455 e. The van der Waals surface area contributed by atoms with Gasteiger partial charge in [0, 0.05) is 26.0 Å². The Hall–Kier alpha value is -3.10. The van der Waals surface area contributed by atoms with Crippen molar-refractivity contribution in [1.29, 1.82) is 0 Å². The maximum atomic E-state index is 6.48. The van der Waals surface area contributed by atoms with Crippen molar-refractivity contribution in [2.75, 3.05) is 0 Å². The monoisotopic (exact) mass is 422 g/mol. The minimum absolute atomic E-state index is 0.961. The van der Waals surface area contributed by atoms with Crippen molar-refractivity contribution in [1.82, 2.24) is 0 Å². The first-order valence-corrected chi connectivity index (χ1v) is 10.1. The van der Waals surface area contributed by atoms with E-state index in [1.807, 2.05) is 0 Å². The molecule has 0 aliphatic rings. The Kier molecular flexibility index (Phi) is 3.38. The molecular formula is C26H15BrO. The lowest BCUT2D eigenvalue weighted by atomic mass is 9.99. The molecule has 6 rings (SSSR count). The van der Waals surface area contributed by atoms with Gasteiger partial charge in [0.25, 0.3) is 0 Å². The fraction of sp³-hybridized carbons (Fsp3) is 0. The summed E-state index contributed by atoms with van der Waals surface area (Å²) in [6.45, 7) is 0. The number of rotatable bonds is 1. The molecule has 0 aliphatic heterocycles. The molecule has 0 spiro atoms. The Balaban J connectivity index is 1.70. The molecule has 2 heteroatoms. The van der Waals surface area contributed by atoms with Gasteiger partial charge in [0.15, 0.2) is 0 Å². The lowest BCUT2D eigenvalue weighted by molar-refractivity contribution is 0.676. The third-order valence-electron chi connectivity index (χ3n) is 5.52. The Morgan fingerprint density at radius 3 is 1.89 bits per heavy atom. The fourth-order valence-corrected chi connectivity index (χ4v) is 4.37. The Morgan fingerprint density at radius 1 is 0.500 bits per heavy atom. The zero-order valence-corrected chi connectivity index (χ0v) is 16.5. The van der Waals surface area contributed by atoms with Crippen LogP contribution < -0.4 is 0 Å². The SMILES string of the molecule is Brc1ccc(-c2ccc3ccc4c5ccc6ccccc6c5oc4c3c2)cc1. The Bertz CT molecular complexity index is 1510. The van der Waals surface area contributed by atoms with Crippen molar-refractivity contribution in [2.45, 2.75) is 0 Å². The molecule has 1 nitrogen and oxygen atoms in total. The summed E-state index contributed by atoms with van der Waals surface area (Å²) in [5, 5.41) is 7.04. The first-order chi connectivity index (χ1) is 13.8. The first-order valence-electron chi connectivity index (χ1n) is 9.31. The number of fused-ring (bicyclic) bond motifs is 7. The van der Waals surface area contributed by atoms with Gasteiger partial charge in [-0.05, 0) is 52.2 Å². The fourth-order valence-electron chi connectivity index (χ4n) is 4.10. The first kappa shape index (κ1) is 15.9. The van der Waals surface area contributed by atoms with Crippen LogP contribution in [0.4, 0.5) is 0 Å². The van der Waals surface area contributed by atoms with Crippen LogP contribution in [0, 0.1) is 0 Å². The Morgan fingerprint density at radius 2 is 1.11 bits per heavy atom. The smallest absolute Gasteiger partial charge is 0.143 e. The summed E-state index contributed by atoms with van der Waals surface area (Å²) in [5.74, 6) is 0. The molecule has 0 fully saturated rings. The predicted octanol–water partition coefficient (Wildman–Crippen LogP) is 8.32. The lowest BCUT2D eigenvalue weighted by Crippen LogP contribution is -1.80. The maximum Gasteiger partial charge on any atom is 0.143 e. The molecule has 132 valence electrons. The lowest BCUT2D eigenvalue weighted by Gasteiger charge is -2.05. The normalized spacial score (nSPS) is 11.8. The van der Waals surface area contributed by atoms with Gasteiger partial charge in [-0.25, -0.2) is 0 Å². The van der Waals surface area contributed by atoms with Gasteiger partial charge < -0.3 is 4.42 Å². The minimum Gasteiger partial charge on any atom is -0.455 e. The van der Waals surface area contributed by atoms with Crippen molar-refractivity contribution < 1.29 is 4.42 Å². The van der Waals surface area contributed by atoms with Gasteiger partial charge in [-0.2, -0.15) is 0 Å². The number of benzene rings is 5. The van der Waals surface area contributed by atoms with Gasteiger partial charge in [0.1, 0.15) is 11.2 Å². The van der Waals surface area contributed by atoms with Crippen LogP contribution in [0.5, 0.6) is 0 Å². The van der Waals surface area contributed by atoms with Gasteiger partial charge >= 0.3 is 0 Å². The highest BCUT2D eigenvalue weighted by Gasteiger charge is 2.13. The summed E-state index contributed by atoms with van der Waals surface area (Å²) in [6, 6.07) is 32.1. The molecule has 0 atom stereocenters. The molecule has 6 aromatic rings. The quantitative estimate of drug-likeness (QED) is 0.259. The summed E-state index contributed by atoms with van der Waals surface area (Å²) in [5.41, 5.74) is 4.32. The van der Waals surface area contributed by atoms with Gasteiger partial charge in [-0.1, -0.05) is 76.6 Å². The summed E-state index contributed by atoms with van der Waals surface area (Å²) in [6.07, 6.45) is 0. The molecule has 0 saturated carbocycles. The van der Waals surface area contributed by atoms with Crippen molar-refractivity contribution in [2.24, 2.45) is 0 Å². The maximum absolute atomic E-state index is 6.48. The van der Waals surface area contributed by atoms with Crippen LogP contribution in [-0.4, -0.2) is 0 Å². The molecule has 1 aromatic heterocycles. The highest BCUT2D eigenvalue weighted by molar-refractivity contribution is 9.10. The van der Waals surface area contributed by atoms with E-state index in [0.717, 1.165) is 26.4 Å². The van der Waals surface area contributed by atoms with E-state index in [1.54, 1.807) is 0 Å². The molecule has 0 bridgehead atoms. The average molecular weight is 423 g/mol. The summed E-state index contributed by atoms with van der Waals surface area (Å²) < 4.78 is 7.57. The highest BCUT2D eigenvalue weighted by atomic mass is 79.9. The molecule has 0 amide bonds. The van der Waals surface area contributed by atoms with Gasteiger partial charge in [0.05, 0.1) is 0 Å². The van der Waals surface area contributed by atoms with Crippen molar-refractivity contribution in [3.63, 3.8) is 0 Å². The van der Waals surface area contributed by atoms with Crippen LogP contribution in [0.3, 0.4) is 0 Å². The van der Waals surface area contributed by atoms with Crippen molar-refractivity contribution >= 4 is 59.4 Å². The zero-order chi connectivity index (χ0) is 18.7. The van der Waals surface area contributed by atoms with Crippen LogP contribution in [0.1, 0.15) is 0 Å². The second kappa shape index (κ2) is 5.95. The molecule has 0 N–H and O–H groups in total. The number of furan rings is 1. The molecule has 0 aliphatic carbocycles. The van der Waals surface area contributed by atoms with Crippen molar-refractivity contribution in [3.8, 4) is 11.1 Å². The van der Waals surface area contributed by atoms with E-state index in [4.69, 9.17) is 4.42 Å². The molecule has 5 aromatic carbocycles. The summed E-state index contributed by atoms with van der Waals surface area (Å²) in [7, 11) is 0. The van der Waals surface area contributed by atoms with E-state index in [1.165, 1.54) is 32.7 Å². The minimum atomic E-state index is 0.961. The van der Waals surface area contributed by atoms with Crippen LogP contribution >= 0.6 is 15.9 Å². The van der Waals surface area contributed by atoms with Crippen LogP contribution in [0.15, 0.2) is 99.9 Å². The van der Waals surface area contributed by atoms with E-state index in [2.05, 4.69) is 107 Å². The molecule has 0 radical (unpaired) electrons. The highest BCUT2D eigenvalue weighted by Crippen LogP contribution is 2.38. The second-order valence-electron chi connectivity index (χ2n) is 7.15. The number of hydrogen-bond acceptors (Lipinski definition) is 1. The summed E-state index contributed by atoms with van der Waals surface area (Å²) >= 11 is 3.51. The van der Waals surface area contributed by atoms with E-state index in [-0.39, 0.29) is 0 Å². The van der Waals surface area contributed by atoms with E-state index in [0.29, 0.717) is 0 Å². The predicted molar refractivity (Wildman–Crippen MR) is 122 cm³/mol. The number of halogens is 1. The van der Waals surface area contributed by atoms with Gasteiger partial charge in [-0.3, -0.25) is 0 Å². The summed E-state index contributed by atoms with van der Waals surface area (Å²) in [4.78, 5) is 0. The molecule has 1 heterocycles. The molecular weight excluding hydrogens is 408 g/mol. The van der Waals surface area contributed by atoms with Crippen molar-refractivity contribution in [3.05, 3.63) is 95.5 Å². The molecule has 28 heavy (non-hydrogen) atoms. The third-order valence-corrected chi connectivity index (χ3v) is 6.05. The van der Waals surface area contributed by atoms with E-state index < -0.39 is 0 Å². The van der Waals surface area contributed by atoms with E-state index in [9.17, 15) is 0 Å². The molecule has 0 saturated heterocycles.